The van der Waals surface area contributed by atoms with Gasteiger partial charge in [0.05, 0.1) is 17.4 Å². The monoisotopic (exact) mass is 515 g/mol. The van der Waals surface area contributed by atoms with Gasteiger partial charge in [-0.2, -0.15) is 0 Å². The number of amides is 3. The fourth-order valence-electron chi connectivity index (χ4n) is 5.92. The van der Waals surface area contributed by atoms with Gasteiger partial charge in [-0.15, -0.1) is 0 Å². The number of imidazole rings is 1. The number of piperazine rings is 1. The number of aromatic amines is 1. The number of hydrogen-bond acceptors (Lipinski definition) is 4. The summed E-state index contributed by atoms with van der Waals surface area (Å²) in [5, 5.41) is 6.16. The standard InChI is InChI=1S/C30H37N5O3/c1-6-17(2)25-27(36)33-24(21-13-18-9-7-8-10-19(18)14-21)29(38)35(25)26(28(37)34-30(3,4)5)20-11-12-22-23(15-20)32-16-31-22/h7-12,15-17,21,24-26H,6,13-14H2,1-5H3,(H,31,32)(H,33,36)(H,34,37)/t17-,24-,25-,26?/m1/s1. The number of H-pyrrole nitrogens is 1. The first-order valence-electron chi connectivity index (χ1n) is 13.5. The van der Waals surface area contributed by atoms with Gasteiger partial charge in [0, 0.05) is 5.54 Å². The van der Waals surface area contributed by atoms with Gasteiger partial charge in [0.15, 0.2) is 0 Å². The Morgan fingerprint density at radius 1 is 1.13 bits per heavy atom. The fourth-order valence-corrected chi connectivity index (χ4v) is 5.92. The van der Waals surface area contributed by atoms with E-state index in [0.29, 0.717) is 24.8 Å². The fraction of sp³-hybridized carbons (Fsp3) is 0.467. The van der Waals surface area contributed by atoms with Crippen LogP contribution in [0.15, 0.2) is 48.8 Å². The minimum Gasteiger partial charge on any atom is -0.349 e. The van der Waals surface area contributed by atoms with Crippen molar-refractivity contribution in [1.29, 1.82) is 0 Å². The lowest BCUT2D eigenvalue weighted by Gasteiger charge is -2.46. The molecule has 0 saturated carbocycles. The van der Waals surface area contributed by atoms with E-state index in [0.717, 1.165) is 11.0 Å². The van der Waals surface area contributed by atoms with E-state index in [-0.39, 0.29) is 29.6 Å². The van der Waals surface area contributed by atoms with Crippen LogP contribution in [-0.4, -0.2) is 50.2 Å². The second-order valence-corrected chi connectivity index (χ2v) is 11.8. The number of hydrogen-bond donors (Lipinski definition) is 3. The maximum Gasteiger partial charge on any atom is 0.247 e. The van der Waals surface area contributed by atoms with E-state index in [1.807, 2.05) is 65.0 Å². The molecule has 2 aliphatic rings. The molecule has 1 unspecified atom stereocenters. The van der Waals surface area contributed by atoms with Crippen LogP contribution >= 0.6 is 0 Å². The molecule has 5 rings (SSSR count). The van der Waals surface area contributed by atoms with Crippen molar-refractivity contribution in [3.05, 3.63) is 65.5 Å². The molecule has 2 heterocycles. The van der Waals surface area contributed by atoms with Gasteiger partial charge in [-0.05, 0) is 74.3 Å². The number of aromatic nitrogens is 2. The van der Waals surface area contributed by atoms with Crippen molar-refractivity contribution in [2.24, 2.45) is 11.8 Å². The van der Waals surface area contributed by atoms with Crippen molar-refractivity contribution < 1.29 is 14.4 Å². The van der Waals surface area contributed by atoms with Crippen LogP contribution in [0, 0.1) is 11.8 Å². The highest BCUT2D eigenvalue weighted by atomic mass is 16.2. The maximum absolute atomic E-state index is 14.4. The van der Waals surface area contributed by atoms with Crippen molar-refractivity contribution in [2.75, 3.05) is 0 Å². The van der Waals surface area contributed by atoms with Gasteiger partial charge in [0.2, 0.25) is 17.7 Å². The highest BCUT2D eigenvalue weighted by molar-refractivity contribution is 6.01. The Kier molecular flexibility index (Phi) is 6.75. The van der Waals surface area contributed by atoms with Crippen molar-refractivity contribution in [1.82, 2.24) is 25.5 Å². The quantitative estimate of drug-likeness (QED) is 0.466. The van der Waals surface area contributed by atoms with Crippen LogP contribution in [-0.2, 0) is 27.2 Å². The van der Waals surface area contributed by atoms with E-state index in [1.54, 1.807) is 11.2 Å². The van der Waals surface area contributed by atoms with E-state index in [9.17, 15) is 14.4 Å². The Bertz CT molecular complexity index is 1350. The Hall–Kier alpha value is -3.68. The van der Waals surface area contributed by atoms with Crippen molar-refractivity contribution >= 4 is 28.8 Å². The van der Waals surface area contributed by atoms with Gasteiger partial charge in [-0.3, -0.25) is 14.4 Å². The lowest BCUT2D eigenvalue weighted by Crippen LogP contribution is -2.68. The number of nitrogens with zero attached hydrogens (tertiary/aromatic N) is 2. The molecule has 1 aromatic heterocycles. The molecule has 1 fully saturated rings. The number of fused-ring (bicyclic) bond motifs is 2. The first-order chi connectivity index (χ1) is 18.1. The highest BCUT2D eigenvalue weighted by Crippen LogP contribution is 2.36. The van der Waals surface area contributed by atoms with Crippen LogP contribution in [0.1, 0.15) is 63.8 Å². The maximum atomic E-state index is 14.4. The molecule has 0 radical (unpaired) electrons. The third-order valence-corrected chi connectivity index (χ3v) is 7.91. The highest BCUT2D eigenvalue weighted by Gasteiger charge is 2.51. The van der Waals surface area contributed by atoms with Gasteiger partial charge in [0.1, 0.15) is 18.1 Å². The first kappa shape index (κ1) is 25.9. The number of nitrogens with one attached hydrogen (secondary N) is 3. The van der Waals surface area contributed by atoms with Crippen molar-refractivity contribution in [2.45, 2.75) is 77.5 Å². The summed E-state index contributed by atoms with van der Waals surface area (Å²) in [7, 11) is 0. The summed E-state index contributed by atoms with van der Waals surface area (Å²) in [6, 6.07) is 11.3. The zero-order chi connectivity index (χ0) is 27.2. The average molecular weight is 516 g/mol. The van der Waals surface area contributed by atoms with E-state index >= 15 is 0 Å². The molecular weight excluding hydrogens is 478 g/mol. The van der Waals surface area contributed by atoms with Gasteiger partial charge < -0.3 is 20.5 Å². The minimum atomic E-state index is -0.967. The van der Waals surface area contributed by atoms with Crippen LogP contribution in [0.3, 0.4) is 0 Å². The first-order valence-corrected chi connectivity index (χ1v) is 13.5. The van der Waals surface area contributed by atoms with Crippen LogP contribution < -0.4 is 10.6 Å². The average Bonchev–Trinajstić information content (AvgIpc) is 3.51. The zero-order valence-corrected chi connectivity index (χ0v) is 22.7. The Labute approximate surface area is 223 Å². The van der Waals surface area contributed by atoms with Crippen LogP contribution in [0.2, 0.25) is 0 Å². The molecule has 1 saturated heterocycles. The molecule has 0 spiro atoms. The Morgan fingerprint density at radius 3 is 2.45 bits per heavy atom. The molecule has 8 heteroatoms. The van der Waals surface area contributed by atoms with E-state index in [2.05, 4.69) is 32.7 Å². The molecule has 38 heavy (non-hydrogen) atoms. The Morgan fingerprint density at radius 2 is 1.82 bits per heavy atom. The SMILES string of the molecule is CC[C@@H](C)[C@@H]1C(=O)N[C@H](C2Cc3ccccc3C2)C(=O)N1C(C(=O)NC(C)(C)C)c1ccc2nc[nH]c2c1. The lowest BCUT2D eigenvalue weighted by molar-refractivity contribution is -0.159. The summed E-state index contributed by atoms with van der Waals surface area (Å²) < 4.78 is 0. The molecular formula is C30H37N5O3. The third-order valence-electron chi connectivity index (χ3n) is 7.91. The molecule has 8 nitrogen and oxygen atoms in total. The smallest absolute Gasteiger partial charge is 0.247 e. The Balaban J connectivity index is 1.59. The predicted molar refractivity (Wildman–Crippen MR) is 146 cm³/mol. The minimum absolute atomic E-state index is 0.0642. The molecule has 2 aromatic carbocycles. The zero-order valence-electron chi connectivity index (χ0n) is 22.7. The normalized spacial score (nSPS) is 21.8. The topological polar surface area (TPSA) is 107 Å². The predicted octanol–water partition coefficient (Wildman–Crippen LogP) is 3.68. The second-order valence-electron chi connectivity index (χ2n) is 11.8. The van der Waals surface area contributed by atoms with Crippen molar-refractivity contribution in [3.63, 3.8) is 0 Å². The van der Waals surface area contributed by atoms with Gasteiger partial charge in [0.25, 0.3) is 0 Å². The van der Waals surface area contributed by atoms with Gasteiger partial charge in [-0.1, -0.05) is 50.6 Å². The van der Waals surface area contributed by atoms with Gasteiger partial charge >= 0.3 is 0 Å². The van der Waals surface area contributed by atoms with Crippen LogP contribution in [0.25, 0.3) is 11.0 Å². The molecule has 4 atom stereocenters. The van der Waals surface area contributed by atoms with Crippen LogP contribution in [0.5, 0.6) is 0 Å². The largest absolute Gasteiger partial charge is 0.349 e. The summed E-state index contributed by atoms with van der Waals surface area (Å²) in [6.07, 6.45) is 3.73. The molecule has 200 valence electrons. The molecule has 3 aromatic rings. The second kappa shape index (κ2) is 9.89. The summed E-state index contributed by atoms with van der Waals surface area (Å²) in [6.45, 7) is 9.70. The third kappa shape index (κ3) is 4.79. The summed E-state index contributed by atoms with van der Waals surface area (Å²) in [5.74, 6) is -0.907. The summed E-state index contributed by atoms with van der Waals surface area (Å²) >= 11 is 0. The summed E-state index contributed by atoms with van der Waals surface area (Å²) in [4.78, 5) is 51.2. The van der Waals surface area contributed by atoms with E-state index in [1.165, 1.54) is 11.1 Å². The van der Waals surface area contributed by atoms with E-state index in [4.69, 9.17) is 0 Å². The van der Waals surface area contributed by atoms with E-state index < -0.39 is 23.7 Å². The molecule has 1 aliphatic carbocycles. The number of benzene rings is 2. The number of carbonyl (C=O) groups is 3. The van der Waals surface area contributed by atoms with Gasteiger partial charge in [-0.25, -0.2) is 4.98 Å². The number of rotatable bonds is 6. The molecule has 1 aliphatic heterocycles. The molecule has 0 bridgehead atoms. The molecule has 3 amide bonds. The number of carbonyl (C=O) groups excluding carboxylic acids is 3. The summed E-state index contributed by atoms with van der Waals surface area (Å²) in [5.41, 5.74) is 4.09. The molecule has 3 N–H and O–H groups in total. The van der Waals surface area contributed by atoms with Crippen LogP contribution in [0.4, 0.5) is 0 Å². The van der Waals surface area contributed by atoms with Crippen molar-refractivity contribution in [3.8, 4) is 0 Å². The lowest BCUT2D eigenvalue weighted by atomic mass is 9.85.